The quantitative estimate of drug-likeness (QED) is 0.862. The number of carbonyl (C=O) groups is 1. The van der Waals surface area contributed by atoms with E-state index < -0.39 is 18.0 Å². The van der Waals surface area contributed by atoms with Gasteiger partial charge >= 0.3 is 5.97 Å². The maximum Gasteiger partial charge on any atom is 0.311 e. The van der Waals surface area contributed by atoms with Gasteiger partial charge in [-0.15, -0.1) is 0 Å². The van der Waals surface area contributed by atoms with Crippen molar-refractivity contribution in [3.05, 3.63) is 28.5 Å². The Morgan fingerprint density at radius 3 is 2.75 bits per heavy atom. The standard InChI is InChI=1S/C11H14BrNO3/c1-3-8(11(15)16-2)10(14)9-5-4-7(12)6-13-9/h4-6,8,10,14H,3H2,1-2H3. The first kappa shape index (κ1) is 13.1. The van der Waals surface area contributed by atoms with Crippen molar-refractivity contribution < 1.29 is 14.6 Å². The number of pyridine rings is 1. The summed E-state index contributed by atoms with van der Waals surface area (Å²) >= 11 is 3.26. The number of hydrogen-bond acceptors (Lipinski definition) is 4. The van der Waals surface area contributed by atoms with Crippen LogP contribution >= 0.6 is 15.9 Å². The Bertz CT molecular complexity index is 353. The van der Waals surface area contributed by atoms with Crippen LogP contribution in [-0.2, 0) is 9.53 Å². The summed E-state index contributed by atoms with van der Waals surface area (Å²) in [5.74, 6) is -0.988. The number of aliphatic hydroxyl groups excluding tert-OH is 1. The van der Waals surface area contributed by atoms with Gasteiger partial charge in [-0.3, -0.25) is 9.78 Å². The lowest BCUT2D eigenvalue weighted by molar-refractivity contribution is -0.149. The second kappa shape index (κ2) is 5.96. The number of hydrogen-bond donors (Lipinski definition) is 1. The van der Waals surface area contributed by atoms with Crippen molar-refractivity contribution >= 4 is 21.9 Å². The Labute approximate surface area is 103 Å². The van der Waals surface area contributed by atoms with Crippen LogP contribution in [0, 0.1) is 5.92 Å². The average molecular weight is 288 g/mol. The first-order valence-electron chi connectivity index (χ1n) is 4.97. The summed E-state index contributed by atoms with van der Waals surface area (Å²) in [4.78, 5) is 15.5. The summed E-state index contributed by atoms with van der Waals surface area (Å²) in [6.07, 6.45) is 1.17. The molecule has 1 N–H and O–H groups in total. The van der Waals surface area contributed by atoms with Crippen LogP contribution in [0.15, 0.2) is 22.8 Å². The molecular formula is C11H14BrNO3. The Balaban J connectivity index is 2.86. The number of aliphatic hydroxyl groups is 1. The van der Waals surface area contributed by atoms with Crippen molar-refractivity contribution in [3.63, 3.8) is 0 Å². The molecule has 1 aromatic rings. The van der Waals surface area contributed by atoms with Crippen LogP contribution in [0.1, 0.15) is 25.1 Å². The second-order valence-electron chi connectivity index (χ2n) is 3.38. The fourth-order valence-electron chi connectivity index (χ4n) is 1.44. The van der Waals surface area contributed by atoms with E-state index >= 15 is 0 Å². The Morgan fingerprint density at radius 1 is 1.62 bits per heavy atom. The molecule has 0 aliphatic carbocycles. The molecular weight excluding hydrogens is 274 g/mol. The van der Waals surface area contributed by atoms with Crippen LogP contribution in [0.25, 0.3) is 0 Å². The van der Waals surface area contributed by atoms with Gasteiger partial charge in [-0.05, 0) is 34.5 Å². The van der Waals surface area contributed by atoms with Crippen molar-refractivity contribution in [1.82, 2.24) is 4.98 Å². The first-order valence-corrected chi connectivity index (χ1v) is 5.76. The minimum Gasteiger partial charge on any atom is -0.469 e. The predicted octanol–water partition coefficient (Wildman–Crippen LogP) is 2.08. The van der Waals surface area contributed by atoms with Crippen LogP contribution in [0.5, 0.6) is 0 Å². The van der Waals surface area contributed by atoms with Crippen molar-refractivity contribution in [3.8, 4) is 0 Å². The molecule has 0 aliphatic rings. The third-order valence-corrected chi connectivity index (χ3v) is 2.85. The van der Waals surface area contributed by atoms with E-state index in [1.54, 1.807) is 18.3 Å². The molecule has 1 heterocycles. The molecule has 16 heavy (non-hydrogen) atoms. The van der Waals surface area contributed by atoms with Crippen LogP contribution in [0.3, 0.4) is 0 Å². The Morgan fingerprint density at radius 2 is 2.31 bits per heavy atom. The van der Waals surface area contributed by atoms with Gasteiger partial charge in [-0.2, -0.15) is 0 Å². The van der Waals surface area contributed by atoms with E-state index in [-0.39, 0.29) is 0 Å². The van der Waals surface area contributed by atoms with Crippen LogP contribution in [0.4, 0.5) is 0 Å². The number of nitrogens with zero attached hydrogens (tertiary/aromatic N) is 1. The average Bonchev–Trinajstić information content (AvgIpc) is 2.30. The predicted molar refractivity (Wildman–Crippen MR) is 62.7 cm³/mol. The topological polar surface area (TPSA) is 59.4 Å². The van der Waals surface area contributed by atoms with E-state index in [1.807, 2.05) is 6.92 Å². The molecule has 0 radical (unpaired) electrons. The highest BCUT2D eigenvalue weighted by Crippen LogP contribution is 2.24. The van der Waals surface area contributed by atoms with E-state index in [1.165, 1.54) is 7.11 Å². The molecule has 88 valence electrons. The maximum absolute atomic E-state index is 11.4. The minimum absolute atomic E-state index is 0.417. The normalized spacial score (nSPS) is 14.2. The van der Waals surface area contributed by atoms with Crippen molar-refractivity contribution in [2.24, 2.45) is 5.92 Å². The van der Waals surface area contributed by atoms with Crippen LogP contribution in [-0.4, -0.2) is 23.2 Å². The maximum atomic E-state index is 11.4. The van der Waals surface area contributed by atoms with Crippen molar-refractivity contribution in [1.29, 1.82) is 0 Å². The zero-order chi connectivity index (χ0) is 12.1. The fourth-order valence-corrected chi connectivity index (χ4v) is 1.67. The number of carbonyl (C=O) groups excluding carboxylic acids is 1. The van der Waals surface area contributed by atoms with Gasteiger partial charge in [-0.1, -0.05) is 6.92 Å². The Kier molecular flexibility index (Phi) is 4.89. The number of methoxy groups -OCH3 is 1. The van der Waals surface area contributed by atoms with Gasteiger partial charge in [0.2, 0.25) is 0 Å². The summed E-state index contributed by atoms with van der Waals surface area (Å²) in [6, 6.07) is 3.45. The van der Waals surface area contributed by atoms with Crippen molar-refractivity contribution in [2.45, 2.75) is 19.4 Å². The largest absolute Gasteiger partial charge is 0.469 e. The zero-order valence-corrected chi connectivity index (χ0v) is 10.8. The lowest BCUT2D eigenvalue weighted by Crippen LogP contribution is -2.23. The summed E-state index contributed by atoms with van der Waals surface area (Å²) in [5.41, 5.74) is 0.473. The van der Waals surface area contributed by atoms with Gasteiger partial charge in [0.25, 0.3) is 0 Å². The van der Waals surface area contributed by atoms with E-state index in [0.717, 1.165) is 4.47 Å². The molecule has 0 aliphatic heterocycles. The molecule has 0 saturated carbocycles. The van der Waals surface area contributed by atoms with Crippen LogP contribution < -0.4 is 0 Å². The third-order valence-electron chi connectivity index (χ3n) is 2.38. The molecule has 2 atom stereocenters. The molecule has 1 rings (SSSR count). The van der Waals surface area contributed by atoms with Gasteiger partial charge in [-0.25, -0.2) is 0 Å². The third kappa shape index (κ3) is 3.02. The fraction of sp³-hybridized carbons (Fsp3) is 0.455. The molecule has 0 aromatic carbocycles. The molecule has 0 fully saturated rings. The van der Waals surface area contributed by atoms with Gasteiger partial charge in [0.15, 0.2) is 0 Å². The smallest absolute Gasteiger partial charge is 0.311 e. The molecule has 1 aromatic heterocycles. The summed E-state index contributed by atoms with van der Waals surface area (Å²) in [6.45, 7) is 1.82. The molecule has 2 unspecified atom stereocenters. The number of halogens is 1. The monoisotopic (exact) mass is 287 g/mol. The second-order valence-corrected chi connectivity index (χ2v) is 4.30. The highest BCUT2D eigenvalue weighted by molar-refractivity contribution is 9.10. The zero-order valence-electron chi connectivity index (χ0n) is 9.18. The highest BCUT2D eigenvalue weighted by atomic mass is 79.9. The lowest BCUT2D eigenvalue weighted by Gasteiger charge is -2.18. The molecule has 4 nitrogen and oxygen atoms in total. The molecule has 0 amide bonds. The van der Waals surface area contributed by atoms with Gasteiger partial charge in [0, 0.05) is 10.7 Å². The highest BCUT2D eigenvalue weighted by Gasteiger charge is 2.27. The Hall–Kier alpha value is -0.940. The van der Waals surface area contributed by atoms with Gasteiger partial charge in [0.05, 0.1) is 18.7 Å². The van der Waals surface area contributed by atoms with E-state index in [9.17, 15) is 9.90 Å². The number of aromatic nitrogens is 1. The molecule has 0 saturated heterocycles. The lowest BCUT2D eigenvalue weighted by atomic mass is 9.97. The van der Waals surface area contributed by atoms with E-state index in [0.29, 0.717) is 12.1 Å². The first-order chi connectivity index (χ1) is 7.60. The SMILES string of the molecule is CCC(C(=O)OC)C(O)c1ccc(Br)cn1. The van der Waals surface area contributed by atoms with Gasteiger partial charge in [0.1, 0.15) is 6.10 Å². The van der Waals surface area contributed by atoms with E-state index in [2.05, 4.69) is 25.7 Å². The van der Waals surface area contributed by atoms with Crippen LogP contribution in [0.2, 0.25) is 0 Å². The summed E-state index contributed by atoms with van der Waals surface area (Å²) in [7, 11) is 1.31. The summed E-state index contributed by atoms with van der Waals surface area (Å²) in [5, 5.41) is 9.99. The molecule has 0 spiro atoms. The summed E-state index contributed by atoms with van der Waals surface area (Å²) < 4.78 is 5.46. The number of rotatable bonds is 4. The van der Waals surface area contributed by atoms with E-state index in [4.69, 9.17) is 0 Å². The number of ether oxygens (including phenoxy) is 1. The van der Waals surface area contributed by atoms with Crippen molar-refractivity contribution in [2.75, 3.05) is 7.11 Å². The number of esters is 1. The minimum atomic E-state index is -0.925. The molecule has 5 heteroatoms. The molecule has 0 bridgehead atoms. The van der Waals surface area contributed by atoms with Gasteiger partial charge < -0.3 is 9.84 Å².